The van der Waals surface area contributed by atoms with Crippen LogP contribution in [-0.4, -0.2) is 11.7 Å². The molecule has 0 bridgehead atoms. The first kappa shape index (κ1) is 26.3. The molecular weight excluding hydrogens is 392 g/mol. The first-order valence-corrected chi connectivity index (χ1v) is 12.8. The highest BCUT2D eigenvalue weighted by atomic mass is 16.5. The molecule has 0 unspecified atom stereocenters. The first-order chi connectivity index (χ1) is 15.3. The lowest BCUT2D eigenvalue weighted by Crippen LogP contribution is -2.05. The van der Waals surface area contributed by atoms with E-state index in [1.165, 1.54) is 48.8 Å². The number of rotatable bonds is 13. The minimum absolute atomic E-state index is 0.430. The van der Waals surface area contributed by atoms with E-state index >= 15 is 0 Å². The zero-order valence-electron chi connectivity index (χ0n) is 21.6. The van der Waals surface area contributed by atoms with Crippen LogP contribution in [0.4, 0.5) is 0 Å². The molecule has 1 saturated carbocycles. The molecule has 0 atom stereocenters. The number of ether oxygens (including phenoxy) is 1. The molecule has 1 aromatic rings. The van der Waals surface area contributed by atoms with Gasteiger partial charge in [0.1, 0.15) is 11.5 Å². The van der Waals surface area contributed by atoms with Crippen LogP contribution in [0.15, 0.2) is 34.9 Å². The maximum absolute atomic E-state index is 10.5. The molecular formula is C30H46O2. The maximum atomic E-state index is 10.5. The molecule has 0 radical (unpaired) electrons. The number of phenols is 1. The standard InChI is InChI=1S/C30H46O2/c1-7-8-20-28-26(6)29(31)24(4)25(5)30(28)32-21-12-16-23(3)14-9-13-22(2)15-10-17-27-18-11-19-27/h13,16-17,31H,7-12,14-15,18-21H2,1-6H3/b22-13+,23-16+. The zero-order valence-corrected chi connectivity index (χ0v) is 21.6. The number of allylic oxidation sites excluding steroid dienone is 5. The van der Waals surface area contributed by atoms with Gasteiger partial charge in [-0.15, -0.1) is 0 Å². The molecule has 0 spiro atoms. The van der Waals surface area contributed by atoms with Crippen molar-refractivity contribution in [2.75, 3.05) is 6.61 Å². The van der Waals surface area contributed by atoms with Gasteiger partial charge in [0.15, 0.2) is 0 Å². The summed E-state index contributed by atoms with van der Waals surface area (Å²) in [4.78, 5) is 0. The van der Waals surface area contributed by atoms with Crippen LogP contribution < -0.4 is 4.74 Å². The van der Waals surface area contributed by atoms with E-state index in [1.54, 1.807) is 5.57 Å². The Labute approximate surface area is 197 Å². The number of benzene rings is 1. The number of aromatic hydroxyl groups is 1. The summed E-state index contributed by atoms with van der Waals surface area (Å²) in [7, 11) is 0. The number of hydrogen-bond acceptors (Lipinski definition) is 2. The number of hydrogen-bond donors (Lipinski definition) is 1. The molecule has 2 rings (SSSR count). The maximum Gasteiger partial charge on any atom is 0.126 e. The van der Waals surface area contributed by atoms with E-state index in [2.05, 4.69) is 45.9 Å². The van der Waals surface area contributed by atoms with E-state index in [0.717, 1.165) is 61.0 Å². The van der Waals surface area contributed by atoms with Crippen LogP contribution in [0, 0.1) is 20.8 Å². The Morgan fingerprint density at radius 3 is 2.19 bits per heavy atom. The van der Waals surface area contributed by atoms with Crippen molar-refractivity contribution in [3.8, 4) is 11.5 Å². The van der Waals surface area contributed by atoms with Crippen molar-refractivity contribution in [1.29, 1.82) is 0 Å². The highest BCUT2D eigenvalue weighted by Crippen LogP contribution is 2.38. The summed E-state index contributed by atoms with van der Waals surface area (Å²) in [6.45, 7) is 13.5. The van der Waals surface area contributed by atoms with Crippen molar-refractivity contribution < 1.29 is 9.84 Å². The van der Waals surface area contributed by atoms with Gasteiger partial charge in [0.2, 0.25) is 0 Å². The molecule has 178 valence electrons. The van der Waals surface area contributed by atoms with E-state index in [4.69, 9.17) is 4.74 Å². The number of unbranched alkanes of at least 4 members (excludes halogenated alkanes) is 1. The monoisotopic (exact) mass is 438 g/mol. The largest absolute Gasteiger partial charge is 0.507 e. The molecule has 0 amide bonds. The second-order valence-corrected chi connectivity index (χ2v) is 9.67. The van der Waals surface area contributed by atoms with Gasteiger partial charge in [0.05, 0.1) is 6.61 Å². The Kier molecular flexibility index (Phi) is 11.1. The fourth-order valence-electron chi connectivity index (χ4n) is 4.32. The molecule has 1 aliphatic carbocycles. The Morgan fingerprint density at radius 2 is 1.56 bits per heavy atom. The van der Waals surface area contributed by atoms with E-state index < -0.39 is 0 Å². The highest BCUT2D eigenvalue weighted by Gasteiger charge is 2.17. The first-order valence-electron chi connectivity index (χ1n) is 12.8. The van der Waals surface area contributed by atoms with Crippen LogP contribution in [0.5, 0.6) is 11.5 Å². The predicted octanol–water partition coefficient (Wildman–Crippen LogP) is 8.99. The van der Waals surface area contributed by atoms with Crippen LogP contribution in [0.1, 0.15) is 107 Å². The minimum Gasteiger partial charge on any atom is -0.507 e. The molecule has 0 saturated heterocycles. The van der Waals surface area contributed by atoms with Crippen molar-refractivity contribution in [3.63, 3.8) is 0 Å². The molecule has 2 heteroatoms. The molecule has 1 N–H and O–H groups in total. The third kappa shape index (κ3) is 7.87. The molecule has 0 heterocycles. The summed E-state index contributed by atoms with van der Waals surface area (Å²) < 4.78 is 6.28. The van der Waals surface area contributed by atoms with Crippen molar-refractivity contribution in [2.45, 2.75) is 112 Å². The normalized spacial score (nSPS) is 14.5. The summed E-state index contributed by atoms with van der Waals surface area (Å²) in [5, 5.41) is 10.5. The Hall–Kier alpha value is -1.96. The predicted molar refractivity (Wildman–Crippen MR) is 139 cm³/mol. The van der Waals surface area contributed by atoms with Gasteiger partial charge in [-0.3, -0.25) is 0 Å². The van der Waals surface area contributed by atoms with Crippen LogP contribution >= 0.6 is 0 Å². The van der Waals surface area contributed by atoms with Gasteiger partial charge in [0.25, 0.3) is 0 Å². The Balaban J connectivity index is 1.81. The lowest BCUT2D eigenvalue weighted by Gasteiger charge is -2.20. The quantitative estimate of drug-likeness (QED) is 0.246. The van der Waals surface area contributed by atoms with Gasteiger partial charge in [0, 0.05) is 5.56 Å². The van der Waals surface area contributed by atoms with Gasteiger partial charge in [-0.25, -0.2) is 0 Å². The summed E-state index contributed by atoms with van der Waals surface area (Å²) in [5.41, 5.74) is 8.81. The van der Waals surface area contributed by atoms with E-state index in [9.17, 15) is 5.11 Å². The average Bonchev–Trinajstić information content (AvgIpc) is 2.74. The molecule has 1 aliphatic rings. The molecule has 1 aromatic carbocycles. The third-order valence-electron chi connectivity index (χ3n) is 6.98. The number of phenolic OH excluding ortho intramolecular Hbond substituents is 1. The van der Waals surface area contributed by atoms with Crippen molar-refractivity contribution in [3.05, 3.63) is 57.2 Å². The zero-order chi connectivity index (χ0) is 23.5. The van der Waals surface area contributed by atoms with E-state index in [-0.39, 0.29) is 0 Å². The van der Waals surface area contributed by atoms with E-state index in [0.29, 0.717) is 12.4 Å². The topological polar surface area (TPSA) is 29.5 Å². The summed E-state index contributed by atoms with van der Waals surface area (Å²) in [6, 6.07) is 0. The SMILES string of the molecule is CCCCc1c(C)c(O)c(C)c(C)c1OCC/C=C(\C)CC/C=C(\C)CCC=C1CCC1. The molecule has 0 aromatic heterocycles. The molecule has 0 aliphatic heterocycles. The fourth-order valence-corrected chi connectivity index (χ4v) is 4.32. The summed E-state index contributed by atoms with van der Waals surface area (Å²) in [6.07, 6.45) is 20.1. The van der Waals surface area contributed by atoms with Crippen LogP contribution in [0.3, 0.4) is 0 Å². The van der Waals surface area contributed by atoms with Gasteiger partial charge in [-0.05, 0) is 116 Å². The van der Waals surface area contributed by atoms with Crippen molar-refractivity contribution in [2.24, 2.45) is 0 Å². The second-order valence-electron chi connectivity index (χ2n) is 9.67. The van der Waals surface area contributed by atoms with Crippen LogP contribution in [0.25, 0.3) is 0 Å². The Morgan fingerprint density at radius 1 is 0.906 bits per heavy atom. The van der Waals surface area contributed by atoms with Gasteiger partial charge < -0.3 is 9.84 Å². The summed E-state index contributed by atoms with van der Waals surface area (Å²) >= 11 is 0. The third-order valence-corrected chi connectivity index (χ3v) is 6.98. The van der Waals surface area contributed by atoms with Gasteiger partial charge in [-0.2, -0.15) is 0 Å². The van der Waals surface area contributed by atoms with Crippen molar-refractivity contribution in [1.82, 2.24) is 0 Å². The molecule has 2 nitrogen and oxygen atoms in total. The smallest absolute Gasteiger partial charge is 0.126 e. The second kappa shape index (κ2) is 13.6. The van der Waals surface area contributed by atoms with Crippen LogP contribution in [-0.2, 0) is 6.42 Å². The van der Waals surface area contributed by atoms with Gasteiger partial charge >= 0.3 is 0 Å². The fraction of sp³-hybridized carbons (Fsp3) is 0.600. The molecule has 1 fully saturated rings. The lowest BCUT2D eigenvalue weighted by molar-refractivity contribution is 0.317. The van der Waals surface area contributed by atoms with E-state index in [1.807, 2.05) is 13.8 Å². The Bertz CT molecular complexity index is 833. The van der Waals surface area contributed by atoms with Crippen molar-refractivity contribution >= 4 is 0 Å². The van der Waals surface area contributed by atoms with Gasteiger partial charge in [-0.1, -0.05) is 48.3 Å². The minimum atomic E-state index is 0.430. The van der Waals surface area contributed by atoms with Crippen LogP contribution in [0.2, 0.25) is 0 Å². The highest BCUT2D eigenvalue weighted by molar-refractivity contribution is 5.57. The summed E-state index contributed by atoms with van der Waals surface area (Å²) in [5.74, 6) is 1.42. The molecule has 32 heavy (non-hydrogen) atoms. The lowest BCUT2D eigenvalue weighted by atomic mass is 9.91. The average molecular weight is 439 g/mol.